The van der Waals surface area contributed by atoms with Gasteiger partial charge < -0.3 is 30.1 Å². The topological polar surface area (TPSA) is 103 Å². The van der Waals surface area contributed by atoms with E-state index in [-0.39, 0.29) is 13.2 Å². The van der Waals surface area contributed by atoms with Crippen LogP contribution in [0.5, 0.6) is 5.75 Å². The van der Waals surface area contributed by atoms with E-state index in [0.29, 0.717) is 30.7 Å². The SMILES string of the molecule is CCC(O)(NCCOc1cc(C)cc(C)c1)OC1(C)C=C(CO)C(CO)=CN1. The Morgan fingerprint density at radius 1 is 1.11 bits per heavy atom. The Labute approximate surface area is 166 Å². The van der Waals surface area contributed by atoms with Crippen LogP contribution in [0.15, 0.2) is 41.6 Å². The summed E-state index contributed by atoms with van der Waals surface area (Å²) in [7, 11) is 0. The Bertz CT molecular complexity index is 713. The van der Waals surface area contributed by atoms with Gasteiger partial charge in [0.25, 0.3) is 0 Å². The molecule has 1 aliphatic heterocycles. The molecule has 0 saturated carbocycles. The zero-order valence-corrected chi connectivity index (χ0v) is 17.1. The van der Waals surface area contributed by atoms with E-state index in [1.54, 1.807) is 26.1 Å². The molecule has 7 heteroatoms. The molecule has 0 fully saturated rings. The molecule has 1 aromatic rings. The van der Waals surface area contributed by atoms with Crippen LogP contribution in [0.25, 0.3) is 0 Å². The van der Waals surface area contributed by atoms with Crippen LogP contribution in [-0.2, 0) is 4.74 Å². The van der Waals surface area contributed by atoms with E-state index < -0.39 is 11.6 Å². The molecule has 0 aromatic heterocycles. The second kappa shape index (κ2) is 9.54. The van der Waals surface area contributed by atoms with Gasteiger partial charge in [0, 0.05) is 19.2 Å². The molecule has 1 heterocycles. The Balaban J connectivity index is 1.93. The van der Waals surface area contributed by atoms with Crippen molar-refractivity contribution in [2.24, 2.45) is 0 Å². The number of nitrogens with one attached hydrogen (secondary N) is 2. The Morgan fingerprint density at radius 3 is 2.32 bits per heavy atom. The highest BCUT2D eigenvalue weighted by Crippen LogP contribution is 2.26. The predicted molar refractivity (Wildman–Crippen MR) is 108 cm³/mol. The molecule has 0 aliphatic carbocycles. The lowest BCUT2D eigenvalue weighted by Crippen LogP contribution is -2.57. The number of aliphatic hydroxyl groups is 3. The maximum absolute atomic E-state index is 10.8. The fourth-order valence-electron chi connectivity index (χ4n) is 3.16. The summed E-state index contributed by atoms with van der Waals surface area (Å²) in [5, 5.41) is 35.7. The molecular formula is C21H32N2O5. The van der Waals surface area contributed by atoms with Gasteiger partial charge in [-0.2, -0.15) is 0 Å². The minimum atomic E-state index is -1.59. The van der Waals surface area contributed by atoms with Gasteiger partial charge in [0.1, 0.15) is 12.4 Å². The van der Waals surface area contributed by atoms with Gasteiger partial charge in [0.2, 0.25) is 5.91 Å². The second-order valence-electron chi connectivity index (χ2n) is 7.25. The first-order valence-electron chi connectivity index (χ1n) is 9.52. The molecule has 0 saturated heterocycles. The lowest BCUT2D eigenvalue weighted by Gasteiger charge is -2.39. The lowest BCUT2D eigenvalue weighted by atomic mass is 10.0. The van der Waals surface area contributed by atoms with Crippen molar-refractivity contribution in [1.82, 2.24) is 10.6 Å². The van der Waals surface area contributed by atoms with Gasteiger partial charge in [-0.25, -0.2) is 0 Å². The summed E-state index contributed by atoms with van der Waals surface area (Å²) in [6, 6.07) is 6.01. The Morgan fingerprint density at radius 2 is 1.75 bits per heavy atom. The van der Waals surface area contributed by atoms with Crippen LogP contribution in [0.1, 0.15) is 31.4 Å². The molecule has 0 bridgehead atoms. The smallest absolute Gasteiger partial charge is 0.227 e. The maximum Gasteiger partial charge on any atom is 0.227 e. The van der Waals surface area contributed by atoms with E-state index in [2.05, 4.69) is 16.7 Å². The standard InChI is InChI=1S/C21H32N2O5/c1-5-21(26,22-6-7-27-19-9-15(2)8-16(3)10-19)28-20(4)11-17(13-24)18(14-25)12-23-20/h8-12,22-26H,5-7,13-14H2,1-4H3. The van der Waals surface area contributed by atoms with Crippen molar-refractivity contribution >= 4 is 0 Å². The average molecular weight is 392 g/mol. The first-order chi connectivity index (χ1) is 13.2. The third-order valence-corrected chi connectivity index (χ3v) is 4.56. The van der Waals surface area contributed by atoms with Gasteiger partial charge in [-0.15, -0.1) is 0 Å². The van der Waals surface area contributed by atoms with Gasteiger partial charge >= 0.3 is 0 Å². The first kappa shape index (κ1) is 22.4. The van der Waals surface area contributed by atoms with Crippen LogP contribution >= 0.6 is 0 Å². The van der Waals surface area contributed by atoms with Crippen LogP contribution in [0, 0.1) is 13.8 Å². The molecule has 1 aromatic carbocycles. The van der Waals surface area contributed by atoms with Crippen LogP contribution < -0.4 is 15.4 Å². The van der Waals surface area contributed by atoms with E-state index in [0.717, 1.165) is 16.9 Å². The number of ether oxygens (including phenoxy) is 2. The Hall–Kier alpha value is -1.90. The molecule has 156 valence electrons. The third kappa shape index (κ3) is 6.05. The zero-order valence-electron chi connectivity index (χ0n) is 17.1. The van der Waals surface area contributed by atoms with Crippen LogP contribution in [0.3, 0.4) is 0 Å². The summed E-state index contributed by atoms with van der Waals surface area (Å²) in [5.41, 5.74) is 2.37. The molecular weight excluding hydrogens is 360 g/mol. The van der Waals surface area contributed by atoms with Crippen LogP contribution in [0.4, 0.5) is 0 Å². The lowest BCUT2D eigenvalue weighted by molar-refractivity contribution is -0.273. The molecule has 2 rings (SSSR count). The number of rotatable bonds is 10. The maximum atomic E-state index is 10.8. The van der Waals surface area contributed by atoms with Crippen LogP contribution in [0.2, 0.25) is 0 Å². The fourth-order valence-corrected chi connectivity index (χ4v) is 3.16. The molecule has 0 amide bonds. The monoisotopic (exact) mass is 392 g/mol. The summed E-state index contributed by atoms with van der Waals surface area (Å²) in [6.07, 6.45) is 3.55. The van der Waals surface area contributed by atoms with Crippen molar-refractivity contribution in [2.45, 2.75) is 45.8 Å². The summed E-state index contributed by atoms with van der Waals surface area (Å²) < 4.78 is 11.7. The molecule has 1 aliphatic rings. The van der Waals surface area contributed by atoms with E-state index in [1.165, 1.54) is 0 Å². The molecule has 2 atom stereocenters. The molecule has 7 nitrogen and oxygen atoms in total. The van der Waals surface area contributed by atoms with Crippen molar-refractivity contribution in [3.63, 3.8) is 0 Å². The first-order valence-corrected chi connectivity index (χ1v) is 9.52. The van der Waals surface area contributed by atoms with Gasteiger partial charge in [0.15, 0.2) is 5.72 Å². The molecule has 0 radical (unpaired) electrons. The van der Waals surface area contributed by atoms with Gasteiger partial charge in [-0.3, -0.25) is 5.32 Å². The highest BCUT2D eigenvalue weighted by Gasteiger charge is 2.36. The van der Waals surface area contributed by atoms with Crippen molar-refractivity contribution in [1.29, 1.82) is 0 Å². The molecule has 0 spiro atoms. The normalized spacial score (nSPS) is 21.4. The second-order valence-corrected chi connectivity index (χ2v) is 7.25. The largest absolute Gasteiger partial charge is 0.492 e. The minimum absolute atomic E-state index is 0.193. The van der Waals surface area contributed by atoms with Gasteiger partial charge in [-0.1, -0.05) is 13.0 Å². The number of hydrogen-bond donors (Lipinski definition) is 5. The summed E-state index contributed by atoms with van der Waals surface area (Å²) in [4.78, 5) is 0. The molecule has 28 heavy (non-hydrogen) atoms. The highest BCUT2D eigenvalue weighted by atomic mass is 16.7. The summed E-state index contributed by atoms with van der Waals surface area (Å²) >= 11 is 0. The number of benzene rings is 1. The molecule has 2 unspecified atom stereocenters. The van der Waals surface area contributed by atoms with Gasteiger partial charge in [-0.05, 0) is 61.3 Å². The van der Waals surface area contributed by atoms with Crippen molar-refractivity contribution in [3.8, 4) is 5.75 Å². The number of hydrogen-bond acceptors (Lipinski definition) is 7. The predicted octanol–water partition coefficient (Wildman–Crippen LogP) is 1.46. The fraction of sp³-hybridized carbons (Fsp3) is 0.524. The van der Waals surface area contributed by atoms with Gasteiger partial charge in [0.05, 0.1) is 13.2 Å². The summed E-state index contributed by atoms with van der Waals surface area (Å²) in [5.74, 6) is -0.798. The third-order valence-electron chi connectivity index (χ3n) is 4.56. The van der Waals surface area contributed by atoms with E-state index >= 15 is 0 Å². The van der Waals surface area contributed by atoms with E-state index in [9.17, 15) is 15.3 Å². The van der Waals surface area contributed by atoms with Crippen molar-refractivity contribution in [3.05, 3.63) is 52.7 Å². The van der Waals surface area contributed by atoms with Crippen molar-refractivity contribution in [2.75, 3.05) is 26.4 Å². The van der Waals surface area contributed by atoms with E-state index in [4.69, 9.17) is 9.47 Å². The number of aryl methyl sites for hydroxylation is 2. The average Bonchev–Trinajstić information content (AvgIpc) is 2.64. The van der Waals surface area contributed by atoms with Crippen molar-refractivity contribution < 1.29 is 24.8 Å². The molecule has 5 N–H and O–H groups in total. The summed E-state index contributed by atoms with van der Waals surface area (Å²) in [6.45, 7) is 7.90. The Kier molecular flexibility index (Phi) is 7.63. The zero-order chi connectivity index (χ0) is 20.8. The quantitative estimate of drug-likeness (QED) is 0.303. The number of aliphatic hydroxyl groups excluding tert-OH is 2. The highest BCUT2D eigenvalue weighted by molar-refractivity contribution is 5.37. The van der Waals surface area contributed by atoms with Crippen LogP contribution in [-0.4, -0.2) is 53.3 Å². The number of dihydropyridines is 1. The van der Waals surface area contributed by atoms with E-state index in [1.807, 2.05) is 26.0 Å². The minimum Gasteiger partial charge on any atom is -0.492 e.